The van der Waals surface area contributed by atoms with Crippen LogP contribution in [0.4, 0.5) is 0 Å². The van der Waals surface area contributed by atoms with Gasteiger partial charge in [-0.05, 0) is 26.2 Å². The lowest BCUT2D eigenvalue weighted by Gasteiger charge is -2.40. The first-order valence-electron chi connectivity index (χ1n) is 5.80. The van der Waals surface area contributed by atoms with Gasteiger partial charge in [-0.25, -0.2) is 0 Å². The number of benzene rings is 1. The first kappa shape index (κ1) is 11.3. The Morgan fingerprint density at radius 1 is 1.31 bits per heavy atom. The van der Waals surface area contributed by atoms with Crippen molar-refractivity contribution in [1.82, 2.24) is 0 Å². The first-order valence-corrected chi connectivity index (χ1v) is 5.80. The molecule has 0 N–H and O–H groups in total. The van der Waals surface area contributed by atoms with Crippen LogP contribution in [-0.4, -0.2) is 18.5 Å². The number of rotatable bonds is 4. The van der Waals surface area contributed by atoms with Crippen molar-refractivity contribution in [2.75, 3.05) is 7.11 Å². The van der Waals surface area contributed by atoms with Crippen LogP contribution in [-0.2, 0) is 4.74 Å². The van der Waals surface area contributed by atoms with Crippen molar-refractivity contribution in [3.63, 3.8) is 0 Å². The summed E-state index contributed by atoms with van der Waals surface area (Å²) in [5.41, 5.74) is 1.82. The van der Waals surface area contributed by atoms with E-state index in [4.69, 9.17) is 4.74 Å². The van der Waals surface area contributed by atoms with Crippen LogP contribution in [0.25, 0.3) is 0 Å². The van der Waals surface area contributed by atoms with Gasteiger partial charge in [0.2, 0.25) is 0 Å². The molecule has 1 aliphatic carbocycles. The molecule has 0 aromatic heterocycles. The van der Waals surface area contributed by atoms with Gasteiger partial charge in [0.05, 0.1) is 5.60 Å². The van der Waals surface area contributed by atoms with E-state index in [9.17, 15) is 4.79 Å². The Morgan fingerprint density at radius 3 is 2.38 bits per heavy atom. The molecule has 0 unspecified atom stereocenters. The fourth-order valence-corrected chi connectivity index (χ4v) is 2.16. The Balaban J connectivity index is 2.05. The van der Waals surface area contributed by atoms with Gasteiger partial charge in [-0.2, -0.15) is 0 Å². The Hall–Kier alpha value is -1.15. The van der Waals surface area contributed by atoms with Crippen LogP contribution >= 0.6 is 0 Å². The number of methoxy groups -OCH3 is 1. The zero-order valence-electron chi connectivity index (χ0n) is 9.95. The SMILES string of the molecule is COC1(CC(=O)c2ccc(C)cc2)CCC1. The molecule has 0 bridgehead atoms. The number of carbonyl (C=O) groups excluding carboxylic acids is 1. The third-order valence-electron chi connectivity index (χ3n) is 3.55. The second-order valence-corrected chi connectivity index (χ2v) is 4.71. The first-order chi connectivity index (χ1) is 7.65. The highest BCUT2D eigenvalue weighted by Crippen LogP contribution is 2.38. The molecule has 0 spiro atoms. The minimum absolute atomic E-state index is 0.165. The highest BCUT2D eigenvalue weighted by molar-refractivity contribution is 5.96. The minimum atomic E-state index is -0.165. The molecule has 1 aromatic carbocycles. The Kier molecular flexibility index (Phi) is 3.10. The predicted octanol–water partition coefficient (Wildman–Crippen LogP) is 3.14. The minimum Gasteiger partial charge on any atom is -0.378 e. The second-order valence-electron chi connectivity index (χ2n) is 4.71. The summed E-state index contributed by atoms with van der Waals surface area (Å²) in [7, 11) is 1.71. The molecule has 0 heterocycles. The molecule has 0 atom stereocenters. The maximum atomic E-state index is 12.0. The van der Waals surface area contributed by atoms with E-state index < -0.39 is 0 Å². The average Bonchev–Trinajstić information content (AvgIpc) is 2.24. The molecule has 0 saturated heterocycles. The van der Waals surface area contributed by atoms with E-state index in [0.717, 1.165) is 18.4 Å². The molecule has 1 aliphatic rings. The second kappa shape index (κ2) is 4.38. The molecule has 1 aromatic rings. The molecule has 2 rings (SSSR count). The highest BCUT2D eigenvalue weighted by atomic mass is 16.5. The van der Waals surface area contributed by atoms with E-state index in [1.54, 1.807) is 7.11 Å². The van der Waals surface area contributed by atoms with Gasteiger partial charge in [-0.3, -0.25) is 4.79 Å². The number of hydrogen-bond donors (Lipinski definition) is 0. The summed E-state index contributed by atoms with van der Waals surface area (Å²) >= 11 is 0. The lowest BCUT2D eigenvalue weighted by Crippen LogP contribution is -2.41. The fourth-order valence-electron chi connectivity index (χ4n) is 2.16. The molecule has 86 valence electrons. The Morgan fingerprint density at radius 2 is 1.94 bits per heavy atom. The third-order valence-corrected chi connectivity index (χ3v) is 3.55. The van der Waals surface area contributed by atoms with Crippen LogP contribution in [0.3, 0.4) is 0 Å². The molecular weight excluding hydrogens is 200 g/mol. The monoisotopic (exact) mass is 218 g/mol. The number of aryl methyl sites for hydroxylation is 1. The van der Waals surface area contributed by atoms with Crippen molar-refractivity contribution < 1.29 is 9.53 Å². The molecule has 0 amide bonds. The summed E-state index contributed by atoms with van der Waals surface area (Å²) in [6.07, 6.45) is 3.73. The standard InChI is InChI=1S/C14H18O2/c1-11-4-6-12(7-5-11)13(15)10-14(16-2)8-3-9-14/h4-7H,3,8-10H2,1-2H3. The Labute approximate surface area is 96.6 Å². The summed E-state index contributed by atoms with van der Waals surface area (Å²) in [4.78, 5) is 12.0. The number of Topliss-reactive ketones (excluding diaryl/α,β-unsaturated/α-hetero) is 1. The molecule has 1 fully saturated rings. The van der Waals surface area contributed by atoms with Crippen LogP contribution in [0, 0.1) is 6.92 Å². The average molecular weight is 218 g/mol. The maximum Gasteiger partial charge on any atom is 0.165 e. The fraction of sp³-hybridized carbons (Fsp3) is 0.500. The maximum absolute atomic E-state index is 12.0. The van der Waals surface area contributed by atoms with E-state index >= 15 is 0 Å². The van der Waals surface area contributed by atoms with E-state index in [1.165, 1.54) is 12.0 Å². The van der Waals surface area contributed by atoms with E-state index in [-0.39, 0.29) is 11.4 Å². The van der Waals surface area contributed by atoms with E-state index in [0.29, 0.717) is 6.42 Å². The predicted molar refractivity (Wildman–Crippen MR) is 63.7 cm³/mol. The summed E-state index contributed by atoms with van der Waals surface area (Å²) in [5, 5.41) is 0. The van der Waals surface area contributed by atoms with Crippen molar-refractivity contribution in [2.45, 2.75) is 38.2 Å². The van der Waals surface area contributed by atoms with Crippen LogP contribution in [0.2, 0.25) is 0 Å². The van der Waals surface area contributed by atoms with Gasteiger partial charge in [0, 0.05) is 19.1 Å². The van der Waals surface area contributed by atoms with Gasteiger partial charge in [-0.1, -0.05) is 29.8 Å². The number of ether oxygens (including phenoxy) is 1. The normalized spacial score (nSPS) is 17.9. The summed E-state index contributed by atoms with van der Waals surface area (Å²) in [6.45, 7) is 2.02. The molecule has 2 heteroatoms. The summed E-state index contributed by atoms with van der Waals surface area (Å²) in [5.74, 6) is 0.196. The van der Waals surface area contributed by atoms with Crippen molar-refractivity contribution in [3.05, 3.63) is 35.4 Å². The quantitative estimate of drug-likeness (QED) is 0.726. The van der Waals surface area contributed by atoms with Gasteiger partial charge in [0.1, 0.15) is 0 Å². The van der Waals surface area contributed by atoms with Gasteiger partial charge < -0.3 is 4.74 Å². The van der Waals surface area contributed by atoms with Gasteiger partial charge >= 0.3 is 0 Å². The summed E-state index contributed by atoms with van der Waals surface area (Å²) < 4.78 is 5.47. The molecule has 16 heavy (non-hydrogen) atoms. The smallest absolute Gasteiger partial charge is 0.165 e. The lowest BCUT2D eigenvalue weighted by atomic mass is 9.76. The molecule has 0 aliphatic heterocycles. The van der Waals surface area contributed by atoms with Crippen LogP contribution in [0.15, 0.2) is 24.3 Å². The highest BCUT2D eigenvalue weighted by Gasteiger charge is 2.38. The number of carbonyl (C=O) groups is 1. The van der Waals surface area contributed by atoms with Crippen molar-refractivity contribution in [2.24, 2.45) is 0 Å². The van der Waals surface area contributed by atoms with Gasteiger partial charge in [-0.15, -0.1) is 0 Å². The van der Waals surface area contributed by atoms with Crippen LogP contribution in [0.1, 0.15) is 41.6 Å². The zero-order chi connectivity index (χ0) is 11.6. The zero-order valence-corrected chi connectivity index (χ0v) is 9.95. The van der Waals surface area contributed by atoms with Crippen molar-refractivity contribution >= 4 is 5.78 Å². The number of ketones is 1. The van der Waals surface area contributed by atoms with Gasteiger partial charge in [0.25, 0.3) is 0 Å². The molecule has 2 nitrogen and oxygen atoms in total. The van der Waals surface area contributed by atoms with E-state index in [1.807, 2.05) is 31.2 Å². The van der Waals surface area contributed by atoms with Crippen LogP contribution < -0.4 is 0 Å². The topological polar surface area (TPSA) is 26.3 Å². The number of hydrogen-bond acceptors (Lipinski definition) is 2. The van der Waals surface area contributed by atoms with Gasteiger partial charge in [0.15, 0.2) is 5.78 Å². The van der Waals surface area contributed by atoms with Crippen molar-refractivity contribution in [1.29, 1.82) is 0 Å². The van der Waals surface area contributed by atoms with Crippen LogP contribution in [0.5, 0.6) is 0 Å². The molecular formula is C14H18O2. The third kappa shape index (κ3) is 2.17. The summed E-state index contributed by atoms with van der Waals surface area (Å²) in [6, 6.07) is 7.76. The largest absolute Gasteiger partial charge is 0.378 e. The lowest BCUT2D eigenvalue weighted by molar-refractivity contribution is -0.0704. The molecule has 1 saturated carbocycles. The van der Waals surface area contributed by atoms with Crippen molar-refractivity contribution in [3.8, 4) is 0 Å². The van der Waals surface area contributed by atoms with E-state index in [2.05, 4.69) is 0 Å². The molecule has 0 radical (unpaired) electrons. The Bertz CT molecular complexity index is 369.